The summed E-state index contributed by atoms with van der Waals surface area (Å²) in [6, 6.07) is 11.6. The van der Waals surface area contributed by atoms with Crippen LogP contribution in [0.5, 0.6) is 5.75 Å². The third-order valence-electron chi connectivity index (χ3n) is 3.61. The van der Waals surface area contributed by atoms with Crippen LogP contribution in [0.3, 0.4) is 0 Å². The van der Waals surface area contributed by atoms with Gasteiger partial charge in [0.2, 0.25) is 0 Å². The highest BCUT2D eigenvalue weighted by Gasteiger charge is 2.07. The van der Waals surface area contributed by atoms with Crippen LogP contribution in [-0.2, 0) is 6.61 Å². The number of rotatable bonds is 4. The van der Waals surface area contributed by atoms with Gasteiger partial charge in [0, 0.05) is 5.56 Å². The van der Waals surface area contributed by atoms with Crippen molar-refractivity contribution in [2.24, 2.45) is 10.9 Å². The fourth-order valence-corrected chi connectivity index (χ4v) is 2.13. The van der Waals surface area contributed by atoms with Gasteiger partial charge in [0.15, 0.2) is 5.84 Å². The molecule has 0 saturated heterocycles. The first-order valence-electron chi connectivity index (χ1n) is 6.79. The van der Waals surface area contributed by atoms with Crippen LogP contribution in [-0.4, -0.2) is 11.0 Å². The minimum absolute atomic E-state index is 0.104. The van der Waals surface area contributed by atoms with Crippen molar-refractivity contribution in [3.8, 4) is 5.75 Å². The third kappa shape index (κ3) is 3.34. The van der Waals surface area contributed by atoms with E-state index in [1.807, 2.05) is 31.2 Å². The summed E-state index contributed by atoms with van der Waals surface area (Å²) in [6.07, 6.45) is 0. The van der Waals surface area contributed by atoms with E-state index in [9.17, 15) is 0 Å². The van der Waals surface area contributed by atoms with E-state index in [0.717, 1.165) is 16.9 Å². The summed E-state index contributed by atoms with van der Waals surface area (Å²) in [4.78, 5) is 0. The summed E-state index contributed by atoms with van der Waals surface area (Å²) in [6.45, 7) is 6.68. The first-order chi connectivity index (χ1) is 10.0. The highest BCUT2D eigenvalue weighted by molar-refractivity contribution is 5.96. The average Bonchev–Trinajstić information content (AvgIpc) is 2.51. The molecular weight excluding hydrogens is 264 g/mol. The normalized spacial score (nSPS) is 11.5. The zero-order valence-corrected chi connectivity index (χ0v) is 12.6. The van der Waals surface area contributed by atoms with Crippen LogP contribution in [0.1, 0.15) is 27.8 Å². The topological polar surface area (TPSA) is 67.8 Å². The molecule has 2 aromatic rings. The molecular formula is C17H20N2O2. The Labute approximate surface area is 124 Å². The maximum Gasteiger partial charge on any atom is 0.170 e. The van der Waals surface area contributed by atoms with Crippen LogP contribution in [0.15, 0.2) is 41.6 Å². The van der Waals surface area contributed by atoms with Gasteiger partial charge in [-0.1, -0.05) is 41.6 Å². The third-order valence-corrected chi connectivity index (χ3v) is 3.61. The molecule has 0 aliphatic carbocycles. The standard InChI is InChI=1S/C17H20N2O2/c1-11-4-5-12(2)16(13(11)3)21-10-14-6-8-15(9-7-14)17(18)19-20/h4-9,20H,10H2,1-3H3,(H2,18,19). The van der Waals surface area contributed by atoms with Gasteiger partial charge in [-0.05, 0) is 43.0 Å². The van der Waals surface area contributed by atoms with Gasteiger partial charge < -0.3 is 15.7 Å². The van der Waals surface area contributed by atoms with Crippen molar-refractivity contribution in [3.63, 3.8) is 0 Å². The molecule has 0 saturated carbocycles. The van der Waals surface area contributed by atoms with E-state index >= 15 is 0 Å². The summed E-state index contributed by atoms with van der Waals surface area (Å²) in [5, 5.41) is 11.6. The number of oxime groups is 1. The van der Waals surface area contributed by atoms with Crippen molar-refractivity contribution in [2.45, 2.75) is 27.4 Å². The Morgan fingerprint density at radius 3 is 2.29 bits per heavy atom. The van der Waals surface area contributed by atoms with Gasteiger partial charge in [0.1, 0.15) is 12.4 Å². The fourth-order valence-electron chi connectivity index (χ4n) is 2.13. The summed E-state index contributed by atoms with van der Waals surface area (Å²) >= 11 is 0. The molecule has 0 atom stereocenters. The molecule has 0 amide bonds. The SMILES string of the molecule is Cc1ccc(C)c(OCc2ccc(/C(N)=N/O)cc2)c1C. The van der Waals surface area contributed by atoms with E-state index in [1.165, 1.54) is 11.1 Å². The number of hydrogen-bond acceptors (Lipinski definition) is 3. The lowest BCUT2D eigenvalue weighted by atomic mass is 10.1. The zero-order valence-electron chi connectivity index (χ0n) is 12.6. The number of aryl methyl sites for hydroxylation is 2. The van der Waals surface area contributed by atoms with Gasteiger partial charge in [0.25, 0.3) is 0 Å². The zero-order chi connectivity index (χ0) is 15.4. The second-order valence-corrected chi connectivity index (χ2v) is 5.12. The van der Waals surface area contributed by atoms with Crippen molar-refractivity contribution >= 4 is 5.84 Å². The van der Waals surface area contributed by atoms with Gasteiger partial charge in [-0.25, -0.2) is 0 Å². The average molecular weight is 284 g/mol. The summed E-state index contributed by atoms with van der Waals surface area (Å²) in [7, 11) is 0. The summed E-state index contributed by atoms with van der Waals surface area (Å²) in [5.41, 5.74) is 10.8. The maximum atomic E-state index is 8.63. The van der Waals surface area contributed by atoms with Crippen molar-refractivity contribution in [3.05, 3.63) is 64.2 Å². The van der Waals surface area contributed by atoms with Crippen molar-refractivity contribution in [2.75, 3.05) is 0 Å². The largest absolute Gasteiger partial charge is 0.488 e. The first kappa shape index (κ1) is 14.9. The number of benzene rings is 2. The molecule has 0 unspecified atom stereocenters. The molecule has 0 bridgehead atoms. The highest BCUT2D eigenvalue weighted by Crippen LogP contribution is 2.26. The Morgan fingerprint density at radius 2 is 1.67 bits per heavy atom. The lowest BCUT2D eigenvalue weighted by molar-refractivity contribution is 0.301. The molecule has 110 valence electrons. The van der Waals surface area contributed by atoms with E-state index in [0.29, 0.717) is 12.2 Å². The minimum atomic E-state index is 0.104. The van der Waals surface area contributed by atoms with Gasteiger partial charge in [-0.3, -0.25) is 0 Å². The fraction of sp³-hybridized carbons (Fsp3) is 0.235. The van der Waals surface area contributed by atoms with Crippen LogP contribution in [0.4, 0.5) is 0 Å². The van der Waals surface area contributed by atoms with E-state index in [2.05, 4.69) is 31.1 Å². The Hall–Kier alpha value is -2.49. The molecule has 4 nitrogen and oxygen atoms in total. The van der Waals surface area contributed by atoms with Crippen molar-refractivity contribution in [1.82, 2.24) is 0 Å². The number of nitrogens with two attached hydrogens (primary N) is 1. The monoisotopic (exact) mass is 284 g/mol. The molecule has 0 spiro atoms. The van der Waals surface area contributed by atoms with Crippen LogP contribution in [0, 0.1) is 20.8 Å². The second-order valence-electron chi connectivity index (χ2n) is 5.12. The molecule has 0 radical (unpaired) electrons. The maximum absolute atomic E-state index is 8.63. The Balaban J connectivity index is 2.12. The van der Waals surface area contributed by atoms with Crippen LogP contribution >= 0.6 is 0 Å². The van der Waals surface area contributed by atoms with E-state index in [4.69, 9.17) is 15.7 Å². The van der Waals surface area contributed by atoms with Crippen LogP contribution in [0.25, 0.3) is 0 Å². The lowest BCUT2D eigenvalue weighted by Gasteiger charge is -2.14. The van der Waals surface area contributed by atoms with Crippen molar-refractivity contribution < 1.29 is 9.94 Å². The number of ether oxygens (including phenoxy) is 1. The smallest absolute Gasteiger partial charge is 0.170 e. The van der Waals surface area contributed by atoms with Gasteiger partial charge in [-0.2, -0.15) is 0 Å². The highest BCUT2D eigenvalue weighted by atomic mass is 16.5. The second kappa shape index (κ2) is 6.31. The molecule has 2 rings (SSSR count). The molecule has 0 aliphatic heterocycles. The number of amidine groups is 1. The van der Waals surface area contributed by atoms with Crippen LogP contribution in [0.2, 0.25) is 0 Å². The molecule has 0 aliphatic rings. The Kier molecular flexibility index (Phi) is 4.48. The van der Waals surface area contributed by atoms with E-state index < -0.39 is 0 Å². The molecule has 21 heavy (non-hydrogen) atoms. The summed E-state index contributed by atoms with van der Waals surface area (Å²) in [5.74, 6) is 1.04. The molecule has 0 fully saturated rings. The van der Waals surface area contributed by atoms with Gasteiger partial charge in [-0.15, -0.1) is 0 Å². The molecule has 0 heterocycles. The molecule has 2 aromatic carbocycles. The number of nitrogens with zero attached hydrogens (tertiary/aromatic N) is 1. The predicted molar refractivity (Wildman–Crippen MR) is 83.9 cm³/mol. The minimum Gasteiger partial charge on any atom is -0.488 e. The molecule has 3 N–H and O–H groups in total. The van der Waals surface area contributed by atoms with Gasteiger partial charge in [0.05, 0.1) is 0 Å². The summed E-state index contributed by atoms with van der Waals surface area (Å²) < 4.78 is 5.95. The lowest BCUT2D eigenvalue weighted by Crippen LogP contribution is -2.12. The quantitative estimate of drug-likeness (QED) is 0.392. The van der Waals surface area contributed by atoms with Crippen LogP contribution < -0.4 is 10.5 Å². The molecule has 4 heteroatoms. The molecule has 0 aromatic heterocycles. The Morgan fingerprint density at radius 1 is 1.05 bits per heavy atom. The Bertz CT molecular complexity index is 661. The predicted octanol–water partition coefficient (Wildman–Crippen LogP) is 3.29. The van der Waals surface area contributed by atoms with Crippen molar-refractivity contribution in [1.29, 1.82) is 0 Å². The van der Waals surface area contributed by atoms with E-state index in [1.54, 1.807) is 0 Å². The van der Waals surface area contributed by atoms with Gasteiger partial charge >= 0.3 is 0 Å². The first-order valence-corrected chi connectivity index (χ1v) is 6.79. The van der Waals surface area contributed by atoms with E-state index in [-0.39, 0.29) is 5.84 Å². The number of hydrogen-bond donors (Lipinski definition) is 2.